The molecular formula is C19H19BrN2S. The zero-order chi connectivity index (χ0) is 15.6. The molecule has 0 spiro atoms. The van der Waals surface area contributed by atoms with Crippen LogP contribution in [0.5, 0.6) is 0 Å². The SMILES string of the molecule is Brc1ccc(C(c2csc3ccccc23)N2CCNCC2)cc1. The number of thiophene rings is 1. The third-order valence-corrected chi connectivity index (χ3v) is 6.02. The first-order valence-electron chi connectivity index (χ1n) is 7.99. The molecule has 4 heteroatoms. The Balaban J connectivity index is 1.82. The maximum Gasteiger partial charge on any atom is 0.0617 e. The summed E-state index contributed by atoms with van der Waals surface area (Å²) in [6, 6.07) is 17.9. The quantitative estimate of drug-likeness (QED) is 0.703. The molecule has 2 aromatic carbocycles. The molecule has 1 aliphatic heterocycles. The van der Waals surface area contributed by atoms with Gasteiger partial charge in [0.2, 0.25) is 0 Å². The topological polar surface area (TPSA) is 15.3 Å². The molecule has 0 radical (unpaired) electrons. The number of nitrogens with one attached hydrogen (secondary N) is 1. The summed E-state index contributed by atoms with van der Waals surface area (Å²) >= 11 is 5.41. The van der Waals surface area contributed by atoms with Gasteiger partial charge in [0.1, 0.15) is 0 Å². The van der Waals surface area contributed by atoms with Crippen LogP contribution in [-0.4, -0.2) is 31.1 Å². The van der Waals surface area contributed by atoms with Gasteiger partial charge in [0.25, 0.3) is 0 Å². The van der Waals surface area contributed by atoms with Gasteiger partial charge in [-0.2, -0.15) is 0 Å². The summed E-state index contributed by atoms with van der Waals surface area (Å²) in [5, 5.41) is 7.21. The van der Waals surface area contributed by atoms with E-state index in [1.165, 1.54) is 21.2 Å². The number of rotatable bonds is 3. The van der Waals surface area contributed by atoms with E-state index in [4.69, 9.17) is 0 Å². The number of hydrogen-bond donors (Lipinski definition) is 1. The molecule has 0 bridgehead atoms. The molecule has 0 aliphatic carbocycles. The molecule has 1 unspecified atom stereocenters. The van der Waals surface area contributed by atoms with Crippen LogP contribution in [0.3, 0.4) is 0 Å². The lowest BCUT2D eigenvalue weighted by atomic mass is 9.96. The normalized spacial score (nSPS) is 17.4. The Bertz CT molecular complexity index is 790. The predicted molar refractivity (Wildman–Crippen MR) is 102 cm³/mol. The second-order valence-electron chi connectivity index (χ2n) is 5.93. The third-order valence-electron chi connectivity index (χ3n) is 4.51. The molecule has 118 valence electrons. The molecule has 23 heavy (non-hydrogen) atoms. The largest absolute Gasteiger partial charge is 0.314 e. The summed E-state index contributed by atoms with van der Waals surface area (Å²) in [5.41, 5.74) is 2.81. The number of benzene rings is 2. The Morgan fingerprint density at radius 2 is 1.74 bits per heavy atom. The minimum atomic E-state index is 0.335. The van der Waals surface area contributed by atoms with Crippen molar-refractivity contribution in [2.45, 2.75) is 6.04 Å². The molecular weight excluding hydrogens is 368 g/mol. The van der Waals surface area contributed by atoms with Crippen LogP contribution in [0.25, 0.3) is 10.1 Å². The van der Waals surface area contributed by atoms with Gasteiger partial charge >= 0.3 is 0 Å². The summed E-state index contributed by atoms with van der Waals surface area (Å²) in [7, 11) is 0. The minimum Gasteiger partial charge on any atom is -0.314 e. The lowest BCUT2D eigenvalue weighted by molar-refractivity contribution is 0.199. The first-order valence-corrected chi connectivity index (χ1v) is 9.66. The standard InChI is InChI=1S/C19H19BrN2S/c20-15-7-5-14(6-8-15)19(22-11-9-21-10-12-22)17-13-23-18-4-2-1-3-16(17)18/h1-8,13,19,21H,9-12H2. The van der Waals surface area contributed by atoms with Crippen LogP contribution in [0.1, 0.15) is 17.2 Å². The molecule has 1 N–H and O–H groups in total. The fraction of sp³-hybridized carbons (Fsp3) is 0.263. The number of fused-ring (bicyclic) bond motifs is 1. The second-order valence-corrected chi connectivity index (χ2v) is 7.75. The van der Waals surface area contributed by atoms with Crippen molar-refractivity contribution in [3.05, 3.63) is 69.5 Å². The molecule has 1 aromatic heterocycles. The fourth-order valence-electron chi connectivity index (χ4n) is 3.38. The van der Waals surface area contributed by atoms with Gasteiger partial charge in [0.15, 0.2) is 0 Å². The predicted octanol–water partition coefficient (Wildman–Crippen LogP) is 4.66. The highest BCUT2D eigenvalue weighted by Crippen LogP contribution is 2.37. The summed E-state index contributed by atoms with van der Waals surface area (Å²) in [6.07, 6.45) is 0. The van der Waals surface area contributed by atoms with Crippen molar-refractivity contribution in [2.24, 2.45) is 0 Å². The van der Waals surface area contributed by atoms with Gasteiger partial charge in [-0.25, -0.2) is 0 Å². The average molecular weight is 387 g/mol. The van der Waals surface area contributed by atoms with Crippen LogP contribution in [0.4, 0.5) is 0 Å². The first kappa shape index (κ1) is 15.3. The van der Waals surface area contributed by atoms with Gasteiger partial charge in [0.05, 0.1) is 6.04 Å². The monoisotopic (exact) mass is 386 g/mol. The molecule has 4 rings (SSSR count). The third kappa shape index (κ3) is 3.09. The summed E-state index contributed by atoms with van der Waals surface area (Å²) in [6.45, 7) is 4.31. The highest BCUT2D eigenvalue weighted by molar-refractivity contribution is 9.10. The Hall–Kier alpha value is -1.20. The number of nitrogens with zero attached hydrogens (tertiary/aromatic N) is 1. The summed E-state index contributed by atoms with van der Waals surface area (Å²) < 4.78 is 2.51. The zero-order valence-corrected chi connectivity index (χ0v) is 15.2. The Morgan fingerprint density at radius 1 is 1.00 bits per heavy atom. The molecule has 2 nitrogen and oxygen atoms in total. The molecule has 1 aliphatic rings. The molecule has 3 aromatic rings. The van der Waals surface area contributed by atoms with Gasteiger partial charge in [-0.05, 0) is 40.1 Å². The van der Waals surface area contributed by atoms with Crippen molar-refractivity contribution in [3.63, 3.8) is 0 Å². The van der Waals surface area contributed by atoms with Crippen molar-refractivity contribution >= 4 is 37.4 Å². The van der Waals surface area contributed by atoms with E-state index in [2.05, 4.69) is 80.1 Å². The van der Waals surface area contributed by atoms with Gasteiger partial charge in [-0.15, -0.1) is 11.3 Å². The van der Waals surface area contributed by atoms with Crippen LogP contribution < -0.4 is 5.32 Å². The summed E-state index contributed by atoms with van der Waals surface area (Å²) in [4.78, 5) is 2.61. The Morgan fingerprint density at radius 3 is 2.52 bits per heavy atom. The van der Waals surface area contributed by atoms with E-state index in [0.717, 1.165) is 30.7 Å². The Labute approximate surface area is 149 Å². The maximum absolute atomic E-state index is 3.56. The van der Waals surface area contributed by atoms with Crippen molar-refractivity contribution in [2.75, 3.05) is 26.2 Å². The number of piperazine rings is 1. The number of halogens is 1. The molecule has 1 fully saturated rings. The van der Waals surface area contributed by atoms with Crippen LogP contribution in [0.2, 0.25) is 0 Å². The lowest BCUT2D eigenvalue weighted by Crippen LogP contribution is -2.45. The lowest BCUT2D eigenvalue weighted by Gasteiger charge is -2.35. The van der Waals surface area contributed by atoms with Crippen LogP contribution in [0, 0.1) is 0 Å². The van der Waals surface area contributed by atoms with Crippen LogP contribution in [0.15, 0.2) is 58.4 Å². The van der Waals surface area contributed by atoms with Gasteiger partial charge in [0, 0.05) is 35.4 Å². The van der Waals surface area contributed by atoms with E-state index in [0.29, 0.717) is 6.04 Å². The van der Waals surface area contributed by atoms with E-state index < -0.39 is 0 Å². The van der Waals surface area contributed by atoms with Gasteiger partial charge in [-0.1, -0.05) is 46.3 Å². The van der Waals surface area contributed by atoms with E-state index in [-0.39, 0.29) is 0 Å². The van der Waals surface area contributed by atoms with Crippen LogP contribution in [-0.2, 0) is 0 Å². The first-order chi connectivity index (χ1) is 11.3. The minimum absolute atomic E-state index is 0.335. The van der Waals surface area contributed by atoms with E-state index >= 15 is 0 Å². The molecule has 0 amide bonds. The average Bonchev–Trinajstić information content (AvgIpc) is 3.02. The van der Waals surface area contributed by atoms with Crippen molar-refractivity contribution in [1.29, 1.82) is 0 Å². The zero-order valence-electron chi connectivity index (χ0n) is 12.8. The van der Waals surface area contributed by atoms with Crippen molar-refractivity contribution in [3.8, 4) is 0 Å². The molecule has 2 heterocycles. The smallest absolute Gasteiger partial charge is 0.0617 e. The number of hydrogen-bond acceptors (Lipinski definition) is 3. The van der Waals surface area contributed by atoms with Crippen molar-refractivity contribution in [1.82, 2.24) is 10.2 Å². The fourth-order valence-corrected chi connectivity index (χ4v) is 4.63. The molecule has 1 atom stereocenters. The van der Waals surface area contributed by atoms with Crippen LogP contribution >= 0.6 is 27.3 Å². The van der Waals surface area contributed by atoms with E-state index in [1.807, 2.05) is 11.3 Å². The highest BCUT2D eigenvalue weighted by Gasteiger charge is 2.26. The van der Waals surface area contributed by atoms with E-state index in [1.54, 1.807) is 0 Å². The second kappa shape index (κ2) is 6.73. The van der Waals surface area contributed by atoms with Gasteiger partial charge < -0.3 is 5.32 Å². The van der Waals surface area contributed by atoms with Crippen molar-refractivity contribution < 1.29 is 0 Å². The van der Waals surface area contributed by atoms with Gasteiger partial charge in [-0.3, -0.25) is 4.90 Å². The maximum atomic E-state index is 3.56. The van der Waals surface area contributed by atoms with E-state index in [9.17, 15) is 0 Å². The Kier molecular flexibility index (Phi) is 4.49. The molecule has 0 saturated carbocycles. The molecule has 1 saturated heterocycles. The summed E-state index contributed by atoms with van der Waals surface area (Å²) in [5.74, 6) is 0. The highest BCUT2D eigenvalue weighted by atomic mass is 79.9.